The highest BCUT2D eigenvalue weighted by molar-refractivity contribution is 5.87. The Balaban J connectivity index is 2.00. The molecule has 1 N–H and O–H groups in total. The largest absolute Gasteiger partial charge is 0.502 e. The molecule has 0 aliphatic rings. The third-order valence-electron chi connectivity index (χ3n) is 3.97. The second-order valence-corrected chi connectivity index (χ2v) is 6.09. The minimum absolute atomic E-state index is 0.269. The molecule has 8 heteroatoms. The maximum Gasteiger partial charge on any atom is 0.311 e. The number of para-hydroxylation sites is 3. The summed E-state index contributed by atoms with van der Waals surface area (Å²) in [5.74, 6) is 0.0798. The molecule has 0 unspecified atom stereocenters. The van der Waals surface area contributed by atoms with Crippen LogP contribution in [0.25, 0.3) is 11.0 Å². The van der Waals surface area contributed by atoms with Crippen LogP contribution < -0.4 is 0 Å². The number of phenols is 1. The number of hydrogen-bond acceptors (Lipinski definition) is 6. The normalized spacial score (nSPS) is 11.7. The van der Waals surface area contributed by atoms with E-state index in [0.717, 1.165) is 17.6 Å². The summed E-state index contributed by atoms with van der Waals surface area (Å²) in [7, 11) is 3.98. The van der Waals surface area contributed by atoms with Gasteiger partial charge in [-0.05, 0) is 32.3 Å². The van der Waals surface area contributed by atoms with E-state index in [9.17, 15) is 15.2 Å². The number of phenolic OH excluding ortho intramolecular Hbond substituents is 1. The zero-order valence-electron chi connectivity index (χ0n) is 14.5. The summed E-state index contributed by atoms with van der Waals surface area (Å²) < 4.78 is 1.99. The first-order valence-corrected chi connectivity index (χ1v) is 8.08. The van der Waals surface area contributed by atoms with E-state index in [2.05, 4.69) is 14.9 Å². The van der Waals surface area contributed by atoms with Crippen molar-refractivity contribution in [3.8, 4) is 5.75 Å². The van der Waals surface area contributed by atoms with Gasteiger partial charge in [0.2, 0.25) is 11.7 Å². The van der Waals surface area contributed by atoms with Gasteiger partial charge in [-0.2, -0.15) is 0 Å². The molecule has 3 aromatic rings. The Morgan fingerprint density at radius 2 is 2.04 bits per heavy atom. The van der Waals surface area contributed by atoms with Gasteiger partial charge in [0.15, 0.2) is 0 Å². The van der Waals surface area contributed by atoms with Crippen molar-refractivity contribution in [2.45, 2.75) is 6.54 Å². The number of nitro benzene ring substituents is 1. The van der Waals surface area contributed by atoms with Crippen LogP contribution >= 0.6 is 0 Å². The first-order chi connectivity index (χ1) is 12.5. The van der Waals surface area contributed by atoms with Crippen molar-refractivity contribution >= 4 is 28.9 Å². The van der Waals surface area contributed by atoms with Gasteiger partial charge in [-0.15, -0.1) is 0 Å². The number of nitro groups is 1. The number of hydrogen-bond donors (Lipinski definition) is 1. The molecule has 134 valence electrons. The number of rotatable bonds is 6. The molecule has 2 aromatic carbocycles. The number of fused-ring (bicyclic) bond motifs is 1. The van der Waals surface area contributed by atoms with Gasteiger partial charge >= 0.3 is 5.69 Å². The lowest BCUT2D eigenvalue weighted by Gasteiger charge is -2.11. The van der Waals surface area contributed by atoms with Gasteiger partial charge in [-0.25, -0.2) is 9.98 Å². The van der Waals surface area contributed by atoms with E-state index in [1.807, 2.05) is 42.9 Å². The number of likely N-dealkylation sites (N-methyl/N-ethyl adjacent to an activating group) is 1. The summed E-state index contributed by atoms with van der Waals surface area (Å²) in [6, 6.07) is 12.1. The number of aromatic hydroxyl groups is 1. The summed E-state index contributed by atoms with van der Waals surface area (Å²) in [6.45, 7) is 1.51. The van der Waals surface area contributed by atoms with Crippen molar-refractivity contribution in [1.29, 1.82) is 0 Å². The predicted octanol–water partition coefficient (Wildman–Crippen LogP) is 2.96. The van der Waals surface area contributed by atoms with Gasteiger partial charge in [0.05, 0.1) is 16.0 Å². The van der Waals surface area contributed by atoms with Gasteiger partial charge in [-0.3, -0.25) is 10.1 Å². The Hall–Kier alpha value is -3.26. The lowest BCUT2D eigenvalue weighted by atomic mass is 10.2. The second kappa shape index (κ2) is 7.32. The molecule has 0 spiro atoms. The molecule has 0 saturated heterocycles. The summed E-state index contributed by atoms with van der Waals surface area (Å²) >= 11 is 0. The lowest BCUT2D eigenvalue weighted by molar-refractivity contribution is -0.385. The molecular formula is C18H19N5O3. The molecule has 26 heavy (non-hydrogen) atoms. The third-order valence-corrected chi connectivity index (χ3v) is 3.97. The molecule has 0 atom stereocenters. The molecule has 0 amide bonds. The van der Waals surface area contributed by atoms with Crippen LogP contribution in [-0.2, 0) is 6.54 Å². The van der Waals surface area contributed by atoms with Crippen LogP contribution in [-0.4, -0.2) is 51.3 Å². The molecule has 1 heterocycles. The fourth-order valence-electron chi connectivity index (χ4n) is 2.61. The van der Waals surface area contributed by atoms with Crippen LogP contribution in [0, 0.1) is 10.1 Å². The molecule has 0 bridgehead atoms. The van der Waals surface area contributed by atoms with Gasteiger partial charge in [-0.1, -0.05) is 18.2 Å². The molecule has 0 aliphatic heterocycles. The first kappa shape index (κ1) is 17.6. The van der Waals surface area contributed by atoms with Crippen LogP contribution in [0.2, 0.25) is 0 Å². The van der Waals surface area contributed by atoms with Gasteiger partial charge in [0.25, 0.3) is 0 Å². The smallest absolute Gasteiger partial charge is 0.311 e. The van der Waals surface area contributed by atoms with E-state index < -0.39 is 10.7 Å². The highest BCUT2D eigenvalue weighted by atomic mass is 16.6. The van der Waals surface area contributed by atoms with Gasteiger partial charge in [0, 0.05) is 30.9 Å². The average Bonchev–Trinajstić information content (AvgIpc) is 2.96. The van der Waals surface area contributed by atoms with Crippen LogP contribution in [0.15, 0.2) is 47.5 Å². The van der Waals surface area contributed by atoms with Crippen LogP contribution in [0.4, 0.5) is 11.6 Å². The van der Waals surface area contributed by atoms with Crippen LogP contribution in [0.5, 0.6) is 5.75 Å². The fraction of sp³-hybridized carbons (Fsp3) is 0.222. The Kier molecular flexibility index (Phi) is 4.94. The van der Waals surface area contributed by atoms with E-state index >= 15 is 0 Å². The molecule has 0 saturated carbocycles. The molecule has 0 fully saturated rings. The third kappa shape index (κ3) is 3.55. The minimum atomic E-state index is -0.626. The number of benzene rings is 2. The van der Waals surface area contributed by atoms with Gasteiger partial charge < -0.3 is 14.6 Å². The maximum absolute atomic E-state index is 10.9. The monoisotopic (exact) mass is 353 g/mol. The van der Waals surface area contributed by atoms with Crippen LogP contribution in [0.3, 0.4) is 0 Å². The van der Waals surface area contributed by atoms with Crippen molar-refractivity contribution in [2.75, 3.05) is 20.6 Å². The zero-order valence-corrected chi connectivity index (χ0v) is 14.5. The quantitative estimate of drug-likeness (QED) is 0.417. The summed E-state index contributed by atoms with van der Waals surface area (Å²) in [5, 5.41) is 21.0. The molecule has 0 aliphatic carbocycles. The first-order valence-electron chi connectivity index (χ1n) is 8.08. The highest BCUT2D eigenvalue weighted by Crippen LogP contribution is 2.29. The zero-order chi connectivity index (χ0) is 18.7. The maximum atomic E-state index is 10.9. The summed E-state index contributed by atoms with van der Waals surface area (Å²) in [6.07, 6.45) is 1.40. The number of aromatic nitrogens is 2. The van der Waals surface area contributed by atoms with Crippen molar-refractivity contribution in [2.24, 2.45) is 4.99 Å². The van der Waals surface area contributed by atoms with Gasteiger partial charge in [0.1, 0.15) is 0 Å². The minimum Gasteiger partial charge on any atom is -0.502 e. The number of nitrogens with zero attached hydrogens (tertiary/aromatic N) is 5. The summed E-state index contributed by atoms with van der Waals surface area (Å²) in [5.41, 5.74) is 1.70. The van der Waals surface area contributed by atoms with E-state index in [4.69, 9.17) is 0 Å². The van der Waals surface area contributed by atoms with Crippen molar-refractivity contribution < 1.29 is 10.0 Å². The highest BCUT2D eigenvalue weighted by Gasteiger charge is 2.15. The summed E-state index contributed by atoms with van der Waals surface area (Å²) in [4.78, 5) is 21.3. The van der Waals surface area contributed by atoms with E-state index in [0.29, 0.717) is 12.5 Å². The molecular weight excluding hydrogens is 334 g/mol. The van der Waals surface area contributed by atoms with Crippen molar-refractivity contribution in [1.82, 2.24) is 14.5 Å². The Bertz CT molecular complexity index is 978. The molecule has 0 radical (unpaired) electrons. The van der Waals surface area contributed by atoms with Crippen molar-refractivity contribution in [3.05, 3.63) is 58.1 Å². The number of aliphatic imine (C=N–C) groups is 1. The predicted molar refractivity (Wildman–Crippen MR) is 100 cm³/mol. The topological polar surface area (TPSA) is 96.8 Å². The Morgan fingerprint density at radius 1 is 1.27 bits per heavy atom. The molecule has 1 aromatic heterocycles. The average molecular weight is 353 g/mol. The Labute approximate surface area is 150 Å². The standard InChI is InChI=1S/C18H19N5O3/c1-21(2)10-11-22-15-8-4-3-7-14(15)20-18(22)19-12-13-6-5-9-16(17(13)24)23(25)26/h3-9,12,24H,10-11H2,1-2H3. The van der Waals surface area contributed by atoms with E-state index in [1.165, 1.54) is 18.3 Å². The lowest BCUT2D eigenvalue weighted by Crippen LogP contribution is -2.18. The second-order valence-electron chi connectivity index (χ2n) is 6.09. The molecule has 8 nitrogen and oxygen atoms in total. The van der Waals surface area contributed by atoms with E-state index in [-0.39, 0.29) is 11.3 Å². The number of imidazole rings is 1. The molecule has 3 rings (SSSR count). The van der Waals surface area contributed by atoms with E-state index in [1.54, 1.807) is 6.07 Å². The Morgan fingerprint density at radius 3 is 2.77 bits per heavy atom. The van der Waals surface area contributed by atoms with Crippen molar-refractivity contribution in [3.63, 3.8) is 0 Å². The van der Waals surface area contributed by atoms with Crippen LogP contribution in [0.1, 0.15) is 5.56 Å². The SMILES string of the molecule is CN(C)CCn1c(N=Cc2cccc([N+](=O)[O-])c2O)nc2ccccc21. The fourth-order valence-corrected chi connectivity index (χ4v) is 2.61.